The maximum Gasteiger partial charge on any atom is 0.328 e. The number of amidine groups is 1. The lowest BCUT2D eigenvalue weighted by Crippen LogP contribution is -2.45. The summed E-state index contributed by atoms with van der Waals surface area (Å²) in [7, 11) is 1.45. The molecule has 8 nitrogen and oxygen atoms in total. The average Bonchev–Trinajstić information content (AvgIpc) is 2.68. The van der Waals surface area contributed by atoms with Gasteiger partial charge in [0.05, 0.1) is 0 Å². The standard InChI is InChI=1S/C15H18N4O4.ClH/c1-8(12(20)21)19-13(22)15(2,18(3)14(19)23)10-6-4-9(5-7-10)11(16)17;/h4-8H,1-3H3,(H3,16,17)(H,20,21);1H/t8?,15-;/m0./s1. The van der Waals surface area contributed by atoms with E-state index in [1.807, 2.05) is 0 Å². The smallest absolute Gasteiger partial charge is 0.328 e. The number of benzene rings is 1. The molecule has 0 aliphatic carbocycles. The van der Waals surface area contributed by atoms with E-state index in [-0.39, 0.29) is 18.2 Å². The number of rotatable bonds is 4. The van der Waals surface area contributed by atoms with Crippen LogP contribution in [0, 0.1) is 5.41 Å². The van der Waals surface area contributed by atoms with Crippen molar-refractivity contribution in [2.45, 2.75) is 25.4 Å². The van der Waals surface area contributed by atoms with E-state index in [0.29, 0.717) is 11.1 Å². The van der Waals surface area contributed by atoms with Crippen molar-refractivity contribution in [1.82, 2.24) is 9.80 Å². The Hall–Kier alpha value is -2.61. The lowest BCUT2D eigenvalue weighted by molar-refractivity contribution is -0.147. The molecule has 1 aromatic carbocycles. The molecular weight excluding hydrogens is 336 g/mol. The molecule has 1 heterocycles. The monoisotopic (exact) mass is 354 g/mol. The molecule has 9 heteroatoms. The summed E-state index contributed by atoms with van der Waals surface area (Å²) in [6, 6.07) is 4.45. The van der Waals surface area contributed by atoms with Crippen LogP contribution in [0.5, 0.6) is 0 Å². The summed E-state index contributed by atoms with van der Waals surface area (Å²) < 4.78 is 0. The highest BCUT2D eigenvalue weighted by Crippen LogP contribution is 2.37. The van der Waals surface area contributed by atoms with Gasteiger partial charge in [-0.25, -0.2) is 14.5 Å². The zero-order valence-electron chi connectivity index (χ0n) is 13.4. The first kappa shape index (κ1) is 19.4. The Balaban J connectivity index is 0.00000288. The van der Waals surface area contributed by atoms with Gasteiger partial charge in [-0.2, -0.15) is 0 Å². The highest BCUT2D eigenvalue weighted by atomic mass is 35.5. The molecule has 1 aromatic rings. The fourth-order valence-corrected chi connectivity index (χ4v) is 2.56. The Morgan fingerprint density at radius 2 is 1.79 bits per heavy atom. The van der Waals surface area contributed by atoms with E-state index in [1.54, 1.807) is 31.2 Å². The molecular formula is C15H19ClN4O4. The Morgan fingerprint density at radius 3 is 2.21 bits per heavy atom. The maximum atomic E-state index is 12.7. The minimum atomic E-state index is -1.31. The molecule has 0 radical (unpaired) electrons. The quantitative estimate of drug-likeness (QED) is 0.421. The van der Waals surface area contributed by atoms with Gasteiger partial charge in [0.2, 0.25) is 0 Å². The van der Waals surface area contributed by atoms with Gasteiger partial charge < -0.3 is 15.7 Å². The van der Waals surface area contributed by atoms with Crippen LogP contribution in [-0.2, 0) is 15.1 Å². The van der Waals surface area contributed by atoms with E-state index in [2.05, 4.69) is 0 Å². The number of amides is 3. The second-order valence-electron chi connectivity index (χ2n) is 5.59. The number of hydrogen-bond acceptors (Lipinski definition) is 4. The predicted molar refractivity (Wildman–Crippen MR) is 89.2 cm³/mol. The lowest BCUT2D eigenvalue weighted by Gasteiger charge is -2.29. The summed E-state index contributed by atoms with van der Waals surface area (Å²) in [6.07, 6.45) is 0. The number of nitrogens with one attached hydrogen (secondary N) is 1. The van der Waals surface area contributed by atoms with Gasteiger partial charge in [-0.05, 0) is 19.4 Å². The normalized spacial score (nSPS) is 21.5. The minimum absolute atomic E-state index is 0. The summed E-state index contributed by atoms with van der Waals surface area (Å²) in [6.45, 7) is 2.85. The van der Waals surface area contributed by atoms with Crippen molar-refractivity contribution in [2.75, 3.05) is 7.05 Å². The van der Waals surface area contributed by atoms with Gasteiger partial charge in [0.15, 0.2) is 0 Å². The molecule has 1 saturated heterocycles. The zero-order chi connectivity index (χ0) is 17.5. The van der Waals surface area contributed by atoms with Crippen molar-refractivity contribution in [1.29, 1.82) is 5.41 Å². The van der Waals surface area contributed by atoms with E-state index < -0.39 is 29.5 Å². The van der Waals surface area contributed by atoms with E-state index in [0.717, 1.165) is 4.90 Å². The summed E-state index contributed by atoms with van der Waals surface area (Å²) in [5.41, 5.74) is 5.10. The van der Waals surface area contributed by atoms with Gasteiger partial charge in [0.1, 0.15) is 17.4 Å². The number of urea groups is 1. The molecule has 0 saturated carbocycles. The summed E-state index contributed by atoms with van der Waals surface area (Å²) in [5.74, 6) is -1.96. The van der Waals surface area contributed by atoms with Crippen molar-refractivity contribution in [3.8, 4) is 0 Å². The van der Waals surface area contributed by atoms with Crippen LogP contribution in [0.1, 0.15) is 25.0 Å². The molecule has 1 unspecified atom stereocenters. The van der Waals surface area contributed by atoms with Gasteiger partial charge in [-0.3, -0.25) is 10.2 Å². The maximum absolute atomic E-state index is 12.7. The van der Waals surface area contributed by atoms with Crippen LogP contribution in [0.3, 0.4) is 0 Å². The number of imide groups is 1. The van der Waals surface area contributed by atoms with Crippen LogP contribution in [0.25, 0.3) is 0 Å². The van der Waals surface area contributed by atoms with Gasteiger partial charge in [0.25, 0.3) is 5.91 Å². The average molecular weight is 355 g/mol. The van der Waals surface area contributed by atoms with Crippen LogP contribution in [0.4, 0.5) is 4.79 Å². The lowest BCUT2D eigenvalue weighted by atomic mass is 9.90. The van der Waals surface area contributed by atoms with Crippen LogP contribution < -0.4 is 5.73 Å². The molecule has 2 rings (SSSR count). The SMILES string of the molecule is CC(C(=O)O)N1C(=O)N(C)[C@@](C)(c2ccc(C(=N)N)cc2)C1=O.Cl. The molecule has 1 fully saturated rings. The third-order valence-electron chi connectivity index (χ3n) is 4.30. The largest absolute Gasteiger partial charge is 0.480 e. The van der Waals surface area contributed by atoms with E-state index in [4.69, 9.17) is 16.2 Å². The van der Waals surface area contributed by atoms with Crippen LogP contribution in [0.15, 0.2) is 24.3 Å². The number of likely N-dealkylation sites (N-methyl/N-ethyl adjacent to an activating group) is 1. The summed E-state index contributed by atoms with van der Waals surface area (Å²) >= 11 is 0. The Labute approximate surface area is 145 Å². The molecule has 1 aliphatic heterocycles. The van der Waals surface area contributed by atoms with Crippen molar-refractivity contribution in [3.05, 3.63) is 35.4 Å². The second-order valence-corrected chi connectivity index (χ2v) is 5.59. The molecule has 0 spiro atoms. The molecule has 4 N–H and O–H groups in total. The fraction of sp³-hybridized carbons (Fsp3) is 0.333. The van der Waals surface area contributed by atoms with Gasteiger partial charge in [0, 0.05) is 12.6 Å². The number of carboxylic acids is 1. The minimum Gasteiger partial charge on any atom is -0.480 e. The molecule has 0 aromatic heterocycles. The first-order valence-electron chi connectivity index (χ1n) is 6.91. The number of carbonyl (C=O) groups excluding carboxylic acids is 2. The third kappa shape index (κ3) is 2.69. The number of aliphatic carboxylic acids is 1. The third-order valence-corrected chi connectivity index (χ3v) is 4.30. The van der Waals surface area contributed by atoms with Crippen LogP contribution in [-0.4, -0.2) is 51.7 Å². The van der Waals surface area contributed by atoms with E-state index >= 15 is 0 Å². The summed E-state index contributed by atoms with van der Waals surface area (Å²) in [5, 5.41) is 16.5. The number of hydrogen-bond donors (Lipinski definition) is 3. The molecule has 2 atom stereocenters. The summed E-state index contributed by atoms with van der Waals surface area (Å²) in [4.78, 5) is 38.2. The molecule has 3 amide bonds. The molecule has 130 valence electrons. The van der Waals surface area contributed by atoms with Gasteiger partial charge in [-0.15, -0.1) is 12.4 Å². The van der Waals surface area contributed by atoms with E-state index in [1.165, 1.54) is 18.9 Å². The molecule has 24 heavy (non-hydrogen) atoms. The van der Waals surface area contributed by atoms with Gasteiger partial charge in [-0.1, -0.05) is 24.3 Å². The first-order chi connectivity index (χ1) is 10.6. The van der Waals surface area contributed by atoms with E-state index in [9.17, 15) is 14.4 Å². The Kier molecular flexibility index (Phi) is 5.25. The van der Waals surface area contributed by atoms with Gasteiger partial charge >= 0.3 is 12.0 Å². The molecule has 1 aliphatic rings. The number of carbonyl (C=O) groups is 3. The second kappa shape index (κ2) is 6.48. The number of carboxylic acid groups (broad SMARTS) is 1. The Bertz CT molecular complexity index is 706. The van der Waals surface area contributed by atoms with Crippen molar-refractivity contribution < 1.29 is 19.5 Å². The van der Waals surface area contributed by atoms with Crippen molar-refractivity contribution in [3.63, 3.8) is 0 Å². The number of nitrogens with two attached hydrogens (primary N) is 1. The highest BCUT2D eigenvalue weighted by Gasteiger charge is 2.55. The number of nitrogens with zero attached hydrogens (tertiary/aromatic N) is 2. The zero-order valence-corrected chi connectivity index (χ0v) is 14.3. The first-order valence-corrected chi connectivity index (χ1v) is 6.91. The topological polar surface area (TPSA) is 128 Å². The number of halogens is 1. The highest BCUT2D eigenvalue weighted by molar-refractivity contribution is 6.09. The van der Waals surface area contributed by atoms with Crippen molar-refractivity contribution >= 4 is 36.2 Å². The van der Waals surface area contributed by atoms with Crippen molar-refractivity contribution in [2.24, 2.45) is 5.73 Å². The number of nitrogen functional groups attached to an aromatic ring is 1. The predicted octanol–water partition coefficient (Wildman–Crippen LogP) is 0.975. The Morgan fingerprint density at radius 1 is 1.29 bits per heavy atom. The molecule has 0 bridgehead atoms. The van der Waals surface area contributed by atoms with Crippen LogP contribution >= 0.6 is 12.4 Å². The van der Waals surface area contributed by atoms with Crippen LogP contribution in [0.2, 0.25) is 0 Å². The fourth-order valence-electron chi connectivity index (χ4n) is 2.56.